The minimum Gasteiger partial charge on any atom is -0.494 e. The Balaban J connectivity index is 1.75. The molecule has 2 aromatic rings. The SMILES string of the molecule is CNCCCOc1ccc2nc(C3=NC(C(=O)O)CS3)ccc2c1. The Bertz CT molecular complexity index is 779. The lowest BCUT2D eigenvalue weighted by molar-refractivity contribution is -0.137. The van der Waals surface area contributed by atoms with E-state index >= 15 is 0 Å². The molecule has 3 rings (SSSR count). The number of hydrogen-bond acceptors (Lipinski definition) is 6. The average Bonchev–Trinajstić information content (AvgIpc) is 3.08. The third kappa shape index (κ3) is 3.85. The molecule has 0 amide bonds. The Morgan fingerprint density at radius 3 is 3.04 bits per heavy atom. The van der Waals surface area contributed by atoms with Crippen LogP contribution in [-0.4, -0.2) is 53.1 Å². The standard InChI is InChI=1S/C17H19N3O3S/c1-18-7-2-8-23-12-4-6-13-11(9-12)3-5-14(19-13)16-20-15(10-24-16)17(21)22/h3-6,9,15,18H,2,7-8,10H2,1H3,(H,21,22). The second-order valence-electron chi connectivity index (χ2n) is 5.46. The minimum atomic E-state index is -0.890. The summed E-state index contributed by atoms with van der Waals surface area (Å²) in [5.41, 5.74) is 1.57. The zero-order valence-electron chi connectivity index (χ0n) is 13.4. The summed E-state index contributed by atoms with van der Waals surface area (Å²) in [5, 5.41) is 13.8. The number of carboxylic acids is 1. The fourth-order valence-corrected chi connectivity index (χ4v) is 3.39. The van der Waals surface area contributed by atoms with Crippen LogP contribution >= 0.6 is 11.8 Å². The van der Waals surface area contributed by atoms with Crippen LogP contribution in [0, 0.1) is 0 Å². The largest absolute Gasteiger partial charge is 0.494 e. The van der Waals surface area contributed by atoms with Crippen molar-refractivity contribution in [3.63, 3.8) is 0 Å². The molecule has 1 atom stereocenters. The number of benzene rings is 1. The number of thioether (sulfide) groups is 1. The maximum Gasteiger partial charge on any atom is 0.329 e. The van der Waals surface area contributed by atoms with Crippen molar-refractivity contribution in [2.75, 3.05) is 26.0 Å². The number of nitrogens with zero attached hydrogens (tertiary/aromatic N) is 2. The predicted octanol–water partition coefficient (Wildman–Crippen LogP) is 2.17. The molecule has 1 unspecified atom stereocenters. The van der Waals surface area contributed by atoms with Gasteiger partial charge in [-0.3, -0.25) is 4.99 Å². The van der Waals surface area contributed by atoms with Gasteiger partial charge in [-0.05, 0) is 44.3 Å². The lowest BCUT2D eigenvalue weighted by Gasteiger charge is -2.08. The lowest BCUT2D eigenvalue weighted by Crippen LogP contribution is -2.17. The number of aromatic nitrogens is 1. The molecule has 1 aromatic heterocycles. The number of aliphatic imine (C=N–C) groups is 1. The topological polar surface area (TPSA) is 83.8 Å². The highest BCUT2D eigenvalue weighted by atomic mass is 32.2. The van der Waals surface area contributed by atoms with Crippen molar-refractivity contribution in [3.8, 4) is 5.75 Å². The molecular formula is C17H19N3O3S. The summed E-state index contributed by atoms with van der Waals surface area (Å²) in [7, 11) is 1.92. The van der Waals surface area contributed by atoms with Crippen LogP contribution in [0.4, 0.5) is 0 Å². The van der Waals surface area contributed by atoms with E-state index in [1.807, 2.05) is 37.4 Å². The van der Waals surface area contributed by atoms with Crippen LogP contribution < -0.4 is 10.1 Å². The summed E-state index contributed by atoms with van der Waals surface area (Å²) < 4.78 is 5.73. The summed E-state index contributed by atoms with van der Waals surface area (Å²) in [4.78, 5) is 19.8. The molecule has 0 radical (unpaired) electrons. The number of aliphatic carboxylic acids is 1. The molecule has 126 valence electrons. The zero-order valence-corrected chi connectivity index (χ0v) is 14.2. The quantitative estimate of drug-likeness (QED) is 0.748. The monoisotopic (exact) mass is 345 g/mol. The summed E-state index contributed by atoms with van der Waals surface area (Å²) in [5.74, 6) is 0.397. The molecule has 1 aliphatic heterocycles. The highest BCUT2D eigenvalue weighted by Crippen LogP contribution is 2.25. The van der Waals surface area contributed by atoms with Crippen LogP contribution in [0.3, 0.4) is 0 Å². The molecule has 24 heavy (non-hydrogen) atoms. The molecule has 0 saturated carbocycles. The second-order valence-corrected chi connectivity index (χ2v) is 6.46. The lowest BCUT2D eigenvalue weighted by atomic mass is 10.2. The van der Waals surface area contributed by atoms with Gasteiger partial charge in [-0.15, -0.1) is 11.8 Å². The van der Waals surface area contributed by atoms with Crippen LogP contribution in [0.5, 0.6) is 5.75 Å². The average molecular weight is 345 g/mol. The summed E-state index contributed by atoms with van der Waals surface area (Å²) in [6.07, 6.45) is 0.952. The van der Waals surface area contributed by atoms with Crippen LogP contribution in [0.15, 0.2) is 35.3 Å². The number of carbonyl (C=O) groups is 1. The third-order valence-corrected chi connectivity index (χ3v) is 4.73. The van der Waals surface area contributed by atoms with E-state index < -0.39 is 12.0 Å². The molecule has 1 aromatic carbocycles. The fraction of sp³-hybridized carbons (Fsp3) is 0.353. The Morgan fingerprint density at radius 2 is 2.29 bits per heavy atom. The van der Waals surface area contributed by atoms with Crippen molar-refractivity contribution in [2.24, 2.45) is 4.99 Å². The van der Waals surface area contributed by atoms with E-state index in [0.717, 1.165) is 35.3 Å². The number of rotatable bonds is 7. The third-order valence-electron chi connectivity index (χ3n) is 3.66. The maximum absolute atomic E-state index is 11.0. The van der Waals surface area contributed by atoms with E-state index in [9.17, 15) is 4.79 Å². The number of fused-ring (bicyclic) bond motifs is 1. The minimum absolute atomic E-state index is 0.462. The number of pyridine rings is 1. The van der Waals surface area contributed by atoms with E-state index in [2.05, 4.69) is 15.3 Å². The van der Waals surface area contributed by atoms with Gasteiger partial charge in [-0.1, -0.05) is 6.07 Å². The van der Waals surface area contributed by atoms with E-state index in [1.54, 1.807) is 0 Å². The van der Waals surface area contributed by atoms with Crippen molar-refractivity contribution in [1.29, 1.82) is 0 Å². The molecule has 0 aliphatic carbocycles. The first-order valence-corrected chi connectivity index (χ1v) is 8.78. The molecule has 2 heterocycles. The molecule has 0 saturated heterocycles. The van der Waals surface area contributed by atoms with Gasteiger partial charge in [0.1, 0.15) is 10.8 Å². The normalized spacial score (nSPS) is 17.0. The summed E-state index contributed by atoms with van der Waals surface area (Å²) in [6.45, 7) is 1.59. The smallest absolute Gasteiger partial charge is 0.329 e. The van der Waals surface area contributed by atoms with E-state index in [-0.39, 0.29) is 0 Å². The zero-order chi connectivity index (χ0) is 16.9. The van der Waals surface area contributed by atoms with Gasteiger partial charge < -0.3 is 15.2 Å². The molecule has 6 nitrogen and oxygen atoms in total. The Labute approximate surface area is 144 Å². The first kappa shape index (κ1) is 16.7. The summed E-state index contributed by atoms with van der Waals surface area (Å²) in [6, 6.07) is 8.97. The number of carboxylic acid groups (broad SMARTS) is 1. The molecule has 0 fully saturated rings. The molecule has 1 aliphatic rings. The molecular weight excluding hydrogens is 326 g/mol. The first-order valence-electron chi connectivity index (χ1n) is 7.79. The van der Waals surface area contributed by atoms with Crippen molar-refractivity contribution >= 4 is 33.7 Å². The van der Waals surface area contributed by atoms with Crippen LogP contribution in [0.25, 0.3) is 10.9 Å². The van der Waals surface area contributed by atoms with Crippen LogP contribution in [-0.2, 0) is 4.79 Å². The Hall–Kier alpha value is -2.12. The molecule has 2 N–H and O–H groups in total. The predicted molar refractivity (Wildman–Crippen MR) is 96.2 cm³/mol. The van der Waals surface area contributed by atoms with Crippen LogP contribution in [0.2, 0.25) is 0 Å². The number of ether oxygens (including phenoxy) is 1. The van der Waals surface area contributed by atoms with Gasteiger partial charge >= 0.3 is 5.97 Å². The van der Waals surface area contributed by atoms with Gasteiger partial charge in [0.2, 0.25) is 0 Å². The van der Waals surface area contributed by atoms with Gasteiger partial charge in [-0.2, -0.15) is 0 Å². The number of nitrogens with one attached hydrogen (secondary N) is 1. The van der Waals surface area contributed by atoms with Crippen molar-refractivity contribution in [1.82, 2.24) is 10.3 Å². The van der Waals surface area contributed by atoms with E-state index in [0.29, 0.717) is 17.4 Å². The van der Waals surface area contributed by atoms with Gasteiger partial charge in [-0.25, -0.2) is 9.78 Å². The van der Waals surface area contributed by atoms with E-state index in [4.69, 9.17) is 9.84 Å². The van der Waals surface area contributed by atoms with Crippen molar-refractivity contribution in [2.45, 2.75) is 12.5 Å². The molecule has 0 spiro atoms. The molecule has 0 bridgehead atoms. The molecule has 7 heteroatoms. The highest BCUT2D eigenvalue weighted by molar-refractivity contribution is 8.14. The van der Waals surface area contributed by atoms with Crippen LogP contribution in [0.1, 0.15) is 12.1 Å². The highest BCUT2D eigenvalue weighted by Gasteiger charge is 2.25. The van der Waals surface area contributed by atoms with Crippen molar-refractivity contribution < 1.29 is 14.6 Å². The van der Waals surface area contributed by atoms with Crippen molar-refractivity contribution in [3.05, 3.63) is 36.0 Å². The summed E-state index contributed by atoms with van der Waals surface area (Å²) >= 11 is 1.44. The fourth-order valence-electron chi connectivity index (χ4n) is 2.39. The Morgan fingerprint density at radius 1 is 1.42 bits per heavy atom. The number of hydrogen-bond donors (Lipinski definition) is 2. The van der Waals surface area contributed by atoms with Gasteiger partial charge in [0.15, 0.2) is 6.04 Å². The Kier molecular flexibility index (Phi) is 5.32. The van der Waals surface area contributed by atoms with E-state index in [1.165, 1.54) is 11.8 Å². The second kappa shape index (κ2) is 7.63. The van der Waals surface area contributed by atoms with Gasteiger partial charge in [0.25, 0.3) is 0 Å². The first-order chi connectivity index (χ1) is 11.7. The maximum atomic E-state index is 11.0. The van der Waals surface area contributed by atoms with Gasteiger partial charge in [0, 0.05) is 11.1 Å². The van der Waals surface area contributed by atoms with Gasteiger partial charge in [0.05, 0.1) is 17.8 Å².